The van der Waals surface area contributed by atoms with Crippen molar-refractivity contribution in [3.05, 3.63) is 64.4 Å². The van der Waals surface area contributed by atoms with E-state index in [0.29, 0.717) is 0 Å². The summed E-state index contributed by atoms with van der Waals surface area (Å²) >= 11 is 6.25. The molecule has 0 saturated heterocycles. The largest absolute Gasteiger partial charge is 0.313 e. The molecule has 1 heterocycles. The molecule has 1 atom stereocenters. The SMILES string of the molecule is CCc1cnccc1C(Cc1ccccc1Cl)NC. The van der Waals surface area contributed by atoms with E-state index in [1.54, 1.807) is 0 Å². The lowest BCUT2D eigenvalue weighted by molar-refractivity contribution is 0.586. The molecule has 1 aromatic heterocycles. The van der Waals surface area contributed by atoms with Crippen molar-refractivity contribution >= 4 is 11.6 Å². The summed E-state index contributed by atoms with van der Waals surface area (Å²) in [7, 11) is 1.99. The number of rotatable bonds is 5. The zero-order valence-corrected chi connectivity index (χ0v) is 12.1. The third-order valence-electron chi connectivity index (χ3n) is 3.43. The van der Waals surface area contributed by atoms with Gasteiger partial charge in [0, 0.05) is 23.5 Å². The lowest BCUT2D eigenvalue weighted by atomic mass is 9.95. The lowest BCUT2D eigenvalue weighted by Crippen LogP contribution is -2.20. The lowest BCUT2D eigenvalue weighted by Gasteiger charge is -2.20. The average molecular weight is 275 g/mol. The van der Waals surface area contributed by atoms with Crippen LogP contribution in [-0.4, -0.2) is 12.0 Å². The van der Waals surface area contributed by atoms with Crippen molar-refractivity contribution in [3.8, 4) is 0 Å². The number of aromatic nitrogens is 1. The van der Waals surface area contributed by atoms with Crippen LogP contribution in [-0.2, 0) is 12.8 Å². The maximum Gasteiger partial charge on any atom is 0.0438 e. The molecule has 100 valence electrons. The van der Waals surface area contributed by atoms with Gasteiger partial charge < -0.3 is 5.32 Å². The topological polar surface area (TPSA) is 24.9 Å². The first-order valence-corrected chi connectivity index (χ1v) is 6.97. The van der Waals surface area contributed by atoms with Crippen molar-refractivity contribution in [1.29, 1.82) is 0 Å². The predicted octanol–water partition coefficient (Wildman–Crippen LogP) is 3.80. The molecule has 1 unspecified atom stereocenters. The first-order valence-electron chi connectivity index (χ1n) is 6.59. The van der Waals surface area contributed by atoms with Crippen LogP contribution in [0.1, 0.15) is 29.7 Å². The van der Waals surface area contributed by atoms with Gasteiger partial charge in [-0.05, 0) is 48.7 Å². The molecule has 2 nitrogen and oxygen atoms in total. The van der Waals surface area contributed by atoms with Crippen LogP contribution in [0, 0.1) is 0 Å². The molecular weight excluding hydrogens is 256 g/mol. The Morgan fingerprint density at radius 3 is 2.68 bits per heavy atom. The van der Waals surface area contributed by atoms with Gasteiger partial charge in [0.15, 0.2) is 0 Å². The third kappa shape index (κ3) is 3.34. The van der Waals surface area contributed by atoms with Crippen LogP contribution in [0.5, 0.6) is 0 Å². The van der Waals surface area contributed by atoms with E-state index in [1.807, 2.05) is 37.6 Å². The Kier molecular flexibility index (Phi) is 4.94. The van der Waals surface area contributed by atoms with Gasteiger partial charge in [-0.1, -0.05) is 36.7 Å². The van der Waals surface area contributed by atoms with E-state index in [2.05, 4.69) is 29.4 Å². The highest BCUT2D eigenvalue weighted by atomic mass is 35.5. The highest BCUT2D eigenvalue weighted by Crippen LogP contribution is 2.25. The van der Waals surface area contributed by atoms with Crippen LogP contribution in [0.25, 0.3) is 0 Å². The van der Waals surface area contributed by atoms with E-state index in [0.717, 1.165) is 17.9 Å². The van der Waals surface area contributed by atoms with E-state index >= 15 is 0 Å². The molecule has 0 fully saturated rings. The number of nitrogens with one attached hydrogen (secondary N) is 1. The molecule has 0 amide bonds. The third-order valence-corrected chi connectivity index (χ3v) is 3.80. The van der Waals surface area contributed by atoms with Gasteiger partial charge >= 0.3 is 0 Å². The van der Waals surface area contributed by atoms with E-state index in [4.69, 9.17) is 11.6 Å². The molecule has 2 aromatic rings. The van der Waals surface area contributed by atoms with Crippen molar-refractivity contribution < 1.29 is 0 Å². The number of nitrogens with zero attached hydrogens (tertiary/aromatic N) is 1. The van der Waals surface area contributed by atoms with Gasteiger partial charge in [0.05, 0.1) is 0 Å². The Labute approximate surface area is 119 Å². The highest BCUT2D eigenvalue weighted by molar-refractivity contribution is 6.31. The number of pyridine rings is 1. The van der Waals surface area contributed by atoms with Gasteiger partial charge in [-0.2, -0.15) is 0 Å². The molecular formula is C16H19ClN2. The number of hydrogen-bond acceptors (Lipinski definition) is 2. The minimum atomic E-state index is 0.262. The minimum absolute atomic E-state index is 0.262. The zero-order valence-electron chi connectivity index (χ0n) is 11.4. The maximum absolute atomic E-state index is 6.25. The van der Waals surface area contributed by atoms with E-state index in [-0.39, 0.29) is 6.04 Å². The predicted molar refractivity (Wildman–Crippen MR) is 80.6 cm³/mol. The van der Waals surface area contributed by atoms with Gasteiger partial charge in [0.1, 0.15) is 0 Å². The van der Waals surface area contributed by atoms with Crippen LogP contribution < -0.4 is 5.32 Å². The average Bonchev–Trinajstić information content (AvgIpc) is 2.46. The maximum atomic E-state index is 6.25. The van der Waals surface area contributed by atoms with E-state index in [1.165, 1.54) is 16.7 Å². The van der Waals surface area contributed by atoms with Crippen molar-refractivity contribution in [2.45, 2.75) is 25.8 Å². The summed E-state index contributed by atoms with van der Waals surface area (Å²) in [6.45, 7) is 2.16. The van der Waals surface area contributed by atoms with Crippen molar-refractivity contribution in [2.75, 3.05) is 7.05 Å². The van der Waals surface area contributed by atoms with Gasteiger partial charge in [-0.25, -0.2) is 0 Å². The molecule has 0 aliphatic rings. The molecule has 0 bridgehead atoms. The second-order valence-electron chi connectivity index (χ2n) is 4.56. The summed E-state index contributed by atoms with van der Waals surface area (Å²) in [5.74, 6) is 0. The second-order valence-corrected chi connectivity index (χ2v) is 4.97. The highest BCUT2D eigenvalue weighted by Gasteiger charge is 2.14. The molecule has 3 heteroatoms. The number of hydrogen-bond donors (Lipinski definition) is 1. The fraction of sp³-hybridized carbons (Fsp3) is 0.312. The normalized spacial score (nSPS) is 12.4. The van der Waals surface area contributed by atoms with Crippen LogP contribution in [0.3, 0.4) is 0 Å². The van der Waals surface area contributed by atoms with Crippen LogP contribution in [0.15, 0.2) is 42.7 Å². The number of benzene rings is 1. The Hall–Kier alpha value is -1.38. The molecule has 0 aliphatic carbocycles. The molecule has 19 heavy (non-hydrogen) atoms. The molecule has 0 aliphatic heterocycles. The van der Waals surface area contributed by atoms with Crippen LogP contribution in [0.2, 0.25) is 5.02 Å². The summed E-state index contributed by atoms with van der Waals surface area (Å²) in [5, 5.41) is 4.21. The quantitative estimate of drug-likeness (QED) is 0.897. The summed E-state index contributed by atoms with van der Waals surface area (Å²) < 4.78 is 0. The van der Waals surface area contributed by atoms with E-state index < -0.39 is 0 Å². The van der Waals surface area contributed by atoms with Gasteiger partial charge in [-0.3, -0.25) is 4.98 Å². The van der Waals surface area contributed by atoms with Crippen molar-refractivity contribution in [3.63, 3.8) is 0 Å². The monoisotopic (exact) mass is 274 g/mol. The summed E-state index contributed by atoms with van der Waals surface area (Å²) in [6, 6.07) is 10.4. The zero-order chi connectivity index (χ0) is 13.7. The Morgan fingerprint density at radius 2 is 2.00 bits per heavy atom. The summed E-state index contributed by atoms with van der Waals surface area (Å²) in [4.78, 5) is 4.20. The minimum Gasteiger partial charge on any atom is -0.313 e. The number of likely N-dealkylation sites (N-methyl/N-ethyl adjacent to an activating group) is 1. The first kappa shape index (κ1) is 14.0. The Bertz CT molecular complexity index is 540. The van der Waals surface area contributed by atoms with Crippen molar-refractivity contribution in [2.24, 2.45) is 0 Å². The van der Waals surface area contributed by atoms with Crippen LogP contribution >= 0.6 is 11.6 Å². The standard InChI is InChI=1S/C16H19ClN2/c1-3-12-11-19-9-8-14(12)16(18-2)10-13-6-4-5-7-15(13)17/h4-9,11,16,18H,3,10H2,1-2H3. The van der Waals surface area contributed by atoms with Gasteiger partial charge in [0.2, 0.25) is 0 Å². The number of halogens is 1. The van der Waals surface area contributed by atoms with Gasteiger partial charge in [-0.15, -0.1) is 0 Å². The Morgan fingerprint density at radius 1 is 1.21 bits per heavy atom. The molecule has 0 spiro atoms. The number of aryl methyl sites for hydroxylation is 1. The summed E-state index contributed by atoms with van der Waals surface area (Å²) in [6.07, 6.45) is 5.68. The van der Waals surface area contributed by atoms with Crippen LogP contribution in [0.4, 0.5) is 0 Å². The molecule has 1 N–H and O–H groups in total. The first-order chi connectivity index (χ1) is 9.26. The van der Waals surface area contributed by atoms with E-state index in [9.17, 15) is 0 Å². The molecule has 1 aromatic carbocycles. The summed E-state index contributed by atoms with van der Waals surface area (Å²) in [5.41, 5.74) is 3.76. The fourth-order valence-corrected chi connectivity index (χ4v) is 2.54. The smallest absolute Gasteiger partial charge is 0.0438 e. The fourth-order valence-electron chi connectivity index (χ4n) is 2.32. The van der Waals surface area contributed by atoms with Gasteiger partial charge in [0.25, 0.3) is 0 Å². The molecule has 2 rings (SSSR count). The van der Waals surface area contributed by atoms with Crippen molar-refractivity contribution in [1.82, 2.24) is 10.3 Å². The molecule has 0 saturated carbocycles. The molecule has 0 radical (unpaired) electrons. The second kappa shape index (κ2) is 6.69. The Balaban J connectivity index is 2.28.